The second kappa shape index (κ2) is 7.31. The Morgan fingerprint density at radius 3 is 2.58 bits per heavy atom. The van der Waals surface area contributed by atoms with Crippen molar-refractivity contribution in [3.8, 4) is 11.6 Å². The zero-order valence-corrected chi connectivity index (χ0v) is 14.5. The molecule has 3 aromatic rings. The van der Waals surface area contributed by atoms with Crippen LogP contribution < -0.4 is 10.0 Å². The summed E-state index contributed by atoms with van der Waals surface area (Å²) in [5.41, 5.74) is 1.41. The molecule has 0 spiro atoms. The number of amides is 2. The van der Waals surface area contributed by atoms with Crippen molar-refractivity contribution in [3.05, 3.63) is 60.1 Å². The number of aromatic nitrogens is 3. The van der Waals surface area contributed by atoms with Gasteiger partial charge in [0.1, 0.15) is 5.69 Å². The summed E-state index contributed by atoms with van der Waals surface area (Å²) in [6.45, 7) is 1.70. The van der Waals surface area contributed by atoms with E-state index in [1.54, 1.807) is 36.5 Å². The molecule has 0 aliphatic carbocycles. The molecular weight excluding hydrogens is 358 g/mol. The van der Waals surface area contributed by atoms with Gasteiger partial charge in [0.2, 0.25) is 5.89 Å². The number of sulfonamides is 1. The molecule has 2 heterocycles. The summed E-state index contributed by atoms with van der Waals surface area (Å²) >= 11 is 0. The highest BCUT2D eigenvalue weighted by atomic mass is 32.2. The minimum Gasteiger partial charge on any atom is -0.417 e. The van der Waals surface area contributed by atoms with Gasteiger partial charge in [-0.3, -0.25) is 4.98 Å². The van der Waals surface area contributed by atoms with Crippen LogP contribution in [0.15, 0.2) is 58.0 Å². The Labute approximate surface area is 149 Å². The summed E-state index contributed by atoms with van der Waals surface area (Å²) in [5.74, 6) is 0.323. The van der Waals surface area contributed by atoms with Gasteiger partial charge in [0.25, 0.3) is 15.9 Å². The van der Waals surface area contributed by atoms with E-state index in [-0.39, 0.29) is 23.2 Å². The van der Waals surface area contributed by atoms with E-state index in [1.165, 1.54) is 12.1 Å². The number of nitrogens with zero attached hydrogens (tertiary/aromatic N) is 3. The van der Waals surface area contributed by atoms with Gasteiger partial charge in [-0.2, -0.15) is 0 Å². The first-order valence-corrected chi connectivity index (χ1v) is 9.03. The van der Waals surface area contributed by atoms with E-state index < -0.39 is 16.1 Å². The first-order valence-electron chi connectivity index (χ1n) is 7.55. The molecule has 0 aliphatic heterocycles. The largest absolute Gasteiger partial charge is 0.417 e. The van der Waals surface area contributed by atoms with Crippen LogP contribution in [-0.4, -0.2) is 29.6 Å². The average Bonchev–Trinajstić information content (AvgIpc) is 3.10. The van der Waals surface area contributed by atoms with Crippen molar-refractivity contribution in [2.45, 2.75) is 18.4 Å². The Kier molecular flexibility index (Phi) is 4.94. The van der Waals surface area contributed by atoms with Gasteiger partial charge in [0.05, 0.1) is 11.4 Å². The second-order valence-corrected chi connectivity index (χ2v) is 7.00. The van der Waals surface area contributed by atoms with Gasteiger partial charge in [-0.05, 0) is 31.2 Å². The summed E-state index contributed by atoms with van der Waals surface area (Å²) in [5, 5.41) is 9.96. The molecule has 0 atom stereocenters. The molecule has 0 fully saturated rings. The second-order valence-electron chi connectivity index (χ2n) is 5.32. The lowest BCUT2D eigenvalue weighted by atomic mass is 10.2. The summed E-state index contributed by atoms with van der Waals surface area (Å²) in [7, 11) is -3.96. The lowest BCUT2D eigenvalue weighted by molar-refractivity contribution is 0.244. The SMILES string of the molecule is Cc1ccc(S(=O)(=O)NC(=O)NCc2nnc(-c3ccccn3)o2)cc1. The first-order chi connectivity index (χ1) is 12.4. The molecule has 3 rings (SSSR count). The summed E-state index contributed by atoms with van der Waals surface area (Å²) in [6.07, 6.45) is 1.58. The Hall–Kier alpha value is -3.27. The Bertz CT molecular complexity index is 1000. The predicted octanol–water partition coefficient (Wildman–Crippen LogP) is 1.63. The maximum Gasteiger partial charge on any atom is 0.329 e. The van der Waals surface area contributed by atoms with Gasteiger partial charge in [0.15, 0.2) is 0 Å². The third-order valence-corrected chi connectivity index (χ3v) is 4.66. The summed E-state index contributed by atoms with van der Waals surface area (Å²) in [6, 6.07) is 10.4. The molecule has 2 N–H and O–H groups in total. The molecule has 1 aromatic carbocycles. The van der Waals surface area contributed by atoms with E-state index >= 15 is 0 Å². The molecule has 9 nitrogen and oxygen atoms in total. The molecule has 0 radical (unpaired) electrons. The molecule has 0 saturated carbocycles. The fraction of sp³-hybridized carbons (Fsp3) is 0.125. The van der Waals surface area contributed by atoms with Crippen molar-refractivity contribution in [2.75, 3.05) is 0 Å². The molecule has 0 saturated heterocycles. The van der Waals surface area contributed by atoms with E-state index in [4.69, 9.17) is 4.42 Å². The van der Waals surface area contributed by atoms with Gasteiger partial charge in [-0.1, -0.05) is 23.8 Å². The van der Waals surface area contributed by atoms with E-state index in [9.17, 15) is 13.2 Å². The van der Waals surface area contributed by atoms with E-state index in [0.717, 1.165) is 5.56 Å². The number of urea groups is 1. The standard InChI is InChI=1S/C16H15N5O4S/c1-11-5-7-12(8-6-11)26(23,24)21-16(22)18-10-14-19-20-15(25-14)13-4-2-3-9-17-13/h2-9H,10H2,1H3,(H2,18,21,22). The highest BCUT2D eigenvalue weighted by Crippen LogP contribution is 2.14. The van der Waals surface area contributed by atoms with Crippen molar-refractivity contribution in [3.63, 3.8) is 0 Å². The van der Waals surface area contributed by atoms with Crippen LogP contribution in [0.1, 0.15) is 11.5 Å². The maximum atomic E-state index is 12.1. The van der Waals surface area contributed by atoms with Crippen molar-refractivity contribution in [1.82, 2.24) is 25.2 Å². The predicted molar refractivity (Wildman–Crippen MR) is 91.3 cm³/mol. The van der Waals surface area contributed by atoms with Gasteiger partial charge >= 0.3 is 6.03 Å². The van der Waals surface area contributed by atoms with Crippen LogP contribution >= 0.6 is 0 Å². The van der Waals surface area contributed by atoms with Crippen molar-refractivity contribution in [2.24, 2.45) is 0 Å². The van der Waals surface area contributed by atoms with Crippen LogP contribution in [0.4, 0.5) is 4.79 Å². The molecule has 2 amide bonds. The van der Waals surface area contributed by atoms with E-state index in [1.807, 2.05) is 11.6 Å². The number of aryl methyl sites for hydroxylation is 1. The molecular formula is C16H15N5O4S. The zero-order valence-electron chi connectivity index (χ0n) is 13.7. The summed E-state index contributed by atoms with van der Waals surface area (Å²) < 4.78 is 31.5. The Morgan fingerprint density at radius 1 is 1.12 bits per heavy atom. The van der Waals surface area contributed by atoms with Gasteiger partial charge in [-0.25, -0.2) is 17.9 Å². The number of nitrogens with one attached hydrogen (secondary N) is 2. The highest BCUT2D eigenvalue weighted by Gasteiger charge is 2.18. The van der Waals surface area contributed by atoms with E-state index in [0.29, 0.717) is 5.69 Å². The zero-order chi connectivity index (χ0) is 18.6. The smallest absolute Gasteiger partial charge is 0.329 e. The molecule has 26 heavy (non-hydrogen) atoms. The van der Waals surface area contributed by atoms with Crippen molar-refractivity contribution >= 4 is 16.1 Å². The van der Waals surface area contributed by atoms with Crippen LogP contribution in [0, 0.1) is 6.92 Å². The maximum absolute atomic E-state index is 12.1. The normalized spacial score (nSPS) is 11.1. The number of pyridine rings is 1. The average molecular weight is 373 g/mol. The van der Waals surface area contributed by atoms with Crippen LogP contribution in [0.3, 0.4) is 0 Å². The van der Waals surface area contributed by atoms with E-state index in [2.05, 4.69) is 20.5 Å². The van der Waals surface area contributed by atoms with Gasteiger partial charge in [0, 0.05) is 6.20 Å². The fourth-order valence-corrected chi connectivity index (χ4v) is 2.94. The minimum absolute atomic E-state index is 0.00604. The minimum atomic E-state index is -3.96. The Morgan fingerprint density at radius 2 is 1.88 bits per heavy atom. The number of hydrogen-bond donors (Lipinski definition) is 2. The number of rotatable bonds is 5. The topological polar surface area (TPSA) is 127 Å². The van der Waals surface area contributed by atoms with Crippen LogP contribution in [0.5, 0.6) is 0 Å². The lowest BCUT2D eigenvalue weighted by Gasteiger charge is -2.07. The monoisotopic (exact) mass is 373 g/mol. The number of carbonyl (C=O) groups is 1. The van der Waals surface area contributed by atoms with Crippen molar-refractivity contribution in [1.29, 1.82) is 0 Å². The van der Waals surface area contributed by atoms with Crippen LogP contribution in [0.25, 0.3) is 11.6 Å². The molecule has 0 aliphatic rings. The van der Waals surface area contributed by atoms with Gasteiger partial charge < -0.3 is 9.73 Å². The van der Waals surface area contributed by atoms with Gasteiger partial charge in [-0.15, -0.1) is 10.2 Å². The number of benzene rings is 1. The summed E-state index contributed by atoms with van der Waals surface area (Å²) in [4.78, 5) is 15.9. The van der Waals surface area contributed by atoms with Crippen molar-refractivity contribution < 1.29 is 17.6 Å². The first kappa shape index (κ1) is 17.5. The molecule has 0 bridgehead atoms. The molecule has 2 aromatic heterocycles. The highest BCUT2D eigenvalue weighted by molar-refractivity contribution is 7.90. The molecule has 10 heteroatoms. The lowest BCUT2D eigenvalue weighted by Crippen LogP contribution is -2.39. The molecule has 0 unspecified atom stereocenters. The quantitative estimate of drug-likeness (QED) is 0.696. The molecule has 134 valence electrons. The van der Waals surface area contributed by atoms with Crippen LogP contribution in [-0.2, 0) is 16.6 Å². The number of hydrogen-bond acceptors (Lipinski definition) is 7. The number of carbonyl (C=O) groups excluding carboxylic acids is 1. The third kappa shape index (κ3) is 4.22. The van der Waals surface area contributed by atoms with Crippen LogP contribution in [0.2, 0.25) is 0 Å². The fourth-order valence-electron chi connectivity index (χ4n) is 2.01. The Balaban J connectivity index is 1.59. The third-order valence-electron chi connectivity index (χ3n) is 3.31.